The zero-order valence-electron chi connectivity index (χ0n) is 16.1. The normalized spacial score (nSPS) is 10.8. The zero-order valence-corrected chi connectivity index (χ0v) is 16.1. The minimum absolute atomic E-state index is 0.0781. The van der Waals surface area contributed by atoms with Crippen LogP contribution in [0.2, 0.25) is 0 Å². The van der Waals surface area contributed by atoms with E-state index in [1.54, 1.807) is 31.2 Å². The Morgan fingerprint density at radius 2 is 1.90 bits per heavy atom. The van der Waals surface area contributed by atoms with Crippen molar-refractivity contribution in [3.8, 4) is 11.5 Å². The summed E-state index contributed by atoms with van der Waals surface area (Å²) in [6, 6.07) is 10.9. The van der Waals surface area contributed by atoms with Gasteiger partial charge in [0.15, 0.2) is 11.5 Å². The third kappa shape index (κ3) is 6.91. The van der Waals surface area contributed by atoms with Crippen molar-refractivity contribution < 1.29 is 27.8 Å². The highest BCUT2D eigenvalue weighted by Gasteiger charge is 2.11. The van der Waals surface area contributed by atoms with Crippen molar-refractivity contribution in [1.82, 2.24) is 5.32 Å². The predicted octanol–water partition coefficient (Wildman–Crippen LogP) is 4.09. The fourth-order valence-electron chi connectivity index (χ4n) is 2.45. The number of anilines is 1. The van der Waals surface area contributed by atoms with Crippen LogP contribution in [0.4, 0.5) is 14.5 Å². The number of benzene rings is 2. The summed E-state index contributed by atoms with van der Waals surface area (Å²) in [4.78, 5) is 24.0. The average Bonchev–Trinajstić information content (AvgIpc) is 2.68. The summed E-state index contributed by atoms with van der Waals surface area (Å²) in [6.07, 6.45) is 2.80. The van der Waals surface area contributed by atoms with Crippen LogP contribution in [0, 0.1) is 0 Å². The highest BCUT2D eigenvalue weighted by atomic mass is 19.3. The molecule has 0 aliphatic carbocycles. The van der Waals surface area contributed by atoms with E-state index in [4.69, 9.17) is 4.74 Å². The van der Waals surface area contributed by atoms with Gasteiger partial charge in [0, 0.05) is 23.9 Å². The highest BCUT2D eigenvalue weighted by molar-refractivity contribution is 6.03. The van der Waals surface area contributed by atoms with Crippen LogP contribution in [0.5, 0.6) is 11.5 Å². The summed E-state index contributed by atoms with van der Waals surface area (Å²) in [6.45, 7) is 1.35. The van der Waals surface area contributed by atoms with E-state index < -0.39 is 12.5 Å². The molecule has 0 unspecified atom stereocenters. The molecule has 2 aromatic carbocycles. The highest BCUT2D eigenvalue weighted by Crippen LogP contribution is 2.30. The smallest absolute Gasteiger partial charge is 0.387 e. The molecule has 0 spiro atoms. The fraction of sp³-hybridized carbons (Fsp3) is 0.238. The Hall–Kier alpha value is -3.42. The Morgan fingerprint density at radius 1 is 1.10 bits per heavy atom. The van der Waals surface area contributed by atoms with E-state index in [1.807, 2.05) is 6.92 Å². The van der Waals surface area contributed by atoms with Gasteiger partial charge in [0.25, 0.3) is 5.91 Å². The lowest BCUT2D eigenvalue weighted by molar-refractivity contribution is -0.111. The first-order valence-corrected chi connectivity index (χ1v) is 9.02. The molecule has 6 nitrogen and oxygen atoms in total. The zero-order chi connectivity index (χ0) is 21.2. The summed E-state index contributed by atoms with van der Waals surface area (Å²) in [5, 5.41) is 5.35. The molecular weight excluding hydrogens is 382 g/mol. The van der Waals surface area contributed by atoms with Crippen molar-refractivity contribution in [3.63, 3.8) is 0 Å². The minimum atomic E-state index is -2.96. The number of halogens is 2. The molecule has 154 valence electrons. The predicted molar refractivity (Wildman–Crippen MR) is 106 cm³/mol. The maximum atomic E-state index is 12.5. The van der Waals surface area contributed by atoms with Crippen LogP contribution in [0.25, 0.3) is 6.08 Å². The number of ether oxygens (including phenoxy) is 2. The average molecular weight is 404 g/mol. The second-order valence-corrected chi connectivity index (χ2v) is 5.78. The van der Waals surface area contributed by atoms with E-state index in [0.717, 1.165) is 0 Å². The molecule has 0 bridgehead atoms. The van der Waals surface area contributed by atoms with Crippen molar-refractivity contribution >= 4 is 23.6 Å². The molecule has 2 rings (SSSR count). The molecule has 0 aromatic heterocycles. The second-order valence-electron chi connectivity index (χ2n) is 5.78. The molecule has 29 heavy (non-hydrogen) atoms. The number of nitrogens with one attached hydrogen (secondary N) is 2. The molecule has 2 amide bonds. The Morgan fingerprint density at radius 3 is 2.59 bits per heavy atom. The van der Waals surface area contributed by atoms with E-state index in [2.05, 4.69) is 15.4 Å². The monoisotopic (exact) mass is 404 g/mol. The van der Waals surface area contributed by atoms with Gasteiger partial charge < -0.3 is 20.1 Å². The SMILES string of the molecule is CCNC(=O)c1cccc(NC(=O)/C=C/c2ccc(OC(F)F)c(OCC)c2)c1. The van der Waals surface area contributed by atoms with Crippen molar-refractivity contribution in [3.05, 3.63) is 59.7 Å². The molecule has 2 N–H and O–H groups in total. The largest absolute Gasteiger partial charge is 0.490 e. The van der Waals surface area contributed by atoms with Gasteiger partial charge in [-0.25, -0.2) is 0 Å². The van der Waals surface area contributed by atoms with Crippen LogP contribution in [0.15, 0.2) is 48.5 Å². The summed E-state index contributed by atoms with van der Waals surface area (Å²) in [5.41, 5.74) is 1.48. The van der Waals surface area contributed by atoms with Crippen LogP contribution < -0.4 is 20.1 Å². The van der Waals surface area contributed by atoms with Gasteiger partial charge in [-0.1, -0.05) is 12.1 Å². The van der Waals surface area contributed by atoms with Gasteiger partial charge in [-0.3, -0.25) is 9.59 Å². The molecule has 0 atom stereocenters. The number of rotatable bonds is 9. The van der Waals surface area contributed by atoms with E-state index >= 15 is 0 Å². The van der Waals surface area contributed by atoms with Crippen molar-refractivity contribution in [2.24, 2.45) is 0 Å². The molecule has 0 radical (unpaired) electrons. The number of carbonyl (C=O) groups is 2. The molecule has 0 fully saturated rings. The van der Waals surface area contributed by atoms with E-state index in [9.17, 15) is 18.4 Å². The topological polar surface area (TPSA) is 76.7 Å². The second kappa shape index (κ2) is 10.8. The van der Waals surface area contributed by atoms with E-state index in [0.29, 0.717) is 23.4 Å². The van der Waals surface area contributed by atoms with Gasteiger partial charge in [0.1, 0.15) is 0 Å². The molecule has 2 aromatic rings. The fourth-order valence-corrected chi connectivity index (χ4v) is 2.45. The quantitative estimate of drug-likeness (QED) is 0.618. The summed E-state index contributed by atoms with van der Waals surface area (Å²) in [7, 11) is 0. The van der Waals surface area contributed by atoms with Gasteiger partial charge >= 0.3 is 6.61 Å². The van der Waals surface area contributed by atoms with Crippen molar-refractivity contribution in [2.45, 2.75) is 20.5 Å². The number of hydrogen-bond donors (Lipinski definition) is 2. The van der Waals surface area contributed by atoms with Gasteiger partial charge in [-0.05, 0) is 55.8 Å². The summed E-state index contributed by atoms with van der Waals surface area (Å²) < 4.78 is 34.6. The van der Waals surface area contributed by atoms with Gasteiger partial charge in [0.2, 0.25) is 5.91 Å². The first kappa shape index (κ1) is 21.9. The number of carbonyl (C=O) groups excluding carboxylic acids is 2. The number of alkyl halides is 2. The number of amides is 2. The third-order valence-corrected chi connectivity index (χ3v) is 3.64. The first-order valence-electron chi connectivity index (χ1n) is 9.02. The van der Waals surface area contributed by atoms with Crippen molar-refractivity contribution in [1.29, 1.82) is 0 Å². The lowest BCUT2D eigenvalue weighted by atomic mass is 10.1. The number of hydrogen-bond acceptors (Lipinski definition) is 4. The molecule has 0 heterocycles. The standard InChI is InChI=1S/C21H22F2N2O4/c1-3-24-20(27)15-6-5-7-16(13-15)25-19(26)11-9-14-8-10-17(29-21(22)23)18(12-14)28-4-2/h5-13,21H,3-4H2,1-2H3,(H,24,27)(H,25,26)/b11-9+. The molecular formula is C21H22F2N2O4. The lowest BCUT2D eigenvalue weighted by Crippen LogP contribution is -2.22. The van der Waals surface area contributed by atoms with Crippen LogP contribution >= 0.6 is 0 Å². The van der Waals surface area contributed by atoms with Crippen LogP contribution in [0.3, 0.4) is 0 Å². The maximum Gasteiger partial charge on any atom is 0.387 e. The van der Waals surface area contributed by atoms with Crippen LogP contribution in [0.1, 0.15) is 29.8 Å². The van der Waals surface area contributed by atoms with Gasteiger partial charge in [-0.2, -0.15) is 8.78 Å². The third-order valence-electron chi connectivity index (χ3n) is 3.64. The summed E-state index contributed by atoms with van der Waals surface area (Å²) in [5.74, 6) is -0.562. The van der Waals surface area contributed by atoms with E-state index in [-0.39, 0.29) is 24.0 Å². The maximum absolute atomic E-state index is 12.5. The Kier molecular flexibility index (Phi) is 8.14. The van der Waals surface area contributed by atoms with Gasteiger partial charge in [0.05, 0.1) is 6.61 Å². The Bertz CT molecular complexity index is 885. The first-order chi connectivity index (χ1) is 13.9. The summed E-state index contributed by atoms with van der Waals surface area (Å²) >= 11 is 0. The lowest BCUT2D eigenvalue weighted by Gasteiger charge is -2.11. The van der Waals surface area contributed by atoms with Crippen molar-refractivity contribution in [2.75, 3.05) is 18.5 Å². The molecule has 0 saturated carbocycles. The Labute approximate surface area is 167 Å². The molecule has 0 saturated heterocycles. The molecule has 0 aliphatic heterocycles. The van der Waals surface area contributed by atoms with E-state index in [1.165, 1.54) is 30.4 Å². The Balaban J connectivity index is 2.08. The van der Waals surface area contributed by atoms with Gasteiger partial charge in [-0.15, -0.1) is 0 Å². The van der Waals surface area contributed by atoms with Crippen LogP contribution in [-0.4, -0.2) is 31.6 Å². The van der Waals surface area contributed by atoms with Crippen LogP contribution in [-0.2, 0) is 4.79 Å². The minimum Gasteiger partial charge on any atom is -0.490 e. The molecule has 0 aliphatic rings. The molecule has 8 heteroatoms.